The van der Waals surface area contributed by atoms with Crippen molar-refractivity contribution in [2.24, 2.45) is 0 Å². The molecule has 0 bridgehead atoms. The maximum absolute atomic E-state index is 13.6. The van der Waals surface area contributed by atoms with Crippen LogP contribution in [0.4, 0.5) is 4.39 Å². The first-order valence-electron chi connectivity index (χ1n) is 4.38. The van der Waals surface area contributed by atoms with Crippen molar-refractivity contribution < 1.29 is 4.39 Å². The molecule has 0 aliphatic rings. The number of hydrogen-bond donors (Lipinski definition) is 0. The topological polar surface area (TPSA) is 0 Å². The molecule has 0 N–H and O–H groups in total. The van der Waals surface area contributed by atoms with E-state index in [-0.39, 0.29) is 5.82 Å². The Morgan fingerprint density at radius 1 is 1.00 bits per heavy atom. The van der Waals surface area contributed by atoms with Gasteiger partial charge in [-0.3, -0.25) is 0 Å². The third kappa shape index (κ3) is 2.21. The summed E-state index contributed by atoms with van der Waals surface area (Å²) in [4.78, 5) is 0. The second-order valence-corrected chi connectivity index (χ2v) is 4.39. The maximum atomic E-state index is 13.6. The van der Waals surface area contributed by atoms with Gasteiger partial charge in [0.05, 0.1) is 0 Å². The molecule has 0 nitrogen and oxygen atoms in total. The molecule has 2 aromatic rings. The van der Waals surface area contributed by atoms with Crippen LogP contribution < -0.4 is 0 Å². The van der Waals surface area contributed by atoms with Gasteiger partial charge in [0, 0.05) is 15.1 Å². The van der Waals surface area contributed by atoms with Crippen LogP contribution in [0.15, 0.2) is 46.9 Å². The van der Waals surface area contributed by atoms with E-state index in [1.165, 1.54) is 6.07 Å². The highest BCUT2D eigenvalue weighted by atomic mass is 79.9. The molecule has 0 unspecified atom stereocenters. The van der Waals surface area contributed by atoms with Gasteiger partial charge in [-0.2, -0.15) is 0 Å². The predicted molar refractivity (Wildman–Crippen MR) is 64.5 cm³/mol. The summed E-state index contributed by atoms with van der Waals surface area (Å²) in [6.45, 7) is 0. The molecule has 0 aromatic heterocycles. The summed E-state index contributed by atoms with van der Waals surface area (Å²) in [5.74, 6) is -0.311. The van der Waals surface area contributed by atoms with Crippen molar-refractivity contribution in [3.63, 3.8) is 0 Å². The van der Waals surface area contributed by atoms with Crippen LogP contribution >= 0.6 is 27.5 Å². The summed E-state index contributed by atoms with van der Waals surface area (Å²) in [5, 5.41) is 0.406. The van der Waals surface area contributed by atoms with Gasteiger partial charge in [0.25, 0.3) is 0 Å². The summed E-state index contributed by atoms with van der Waals surface area (Å²) in [7, 11) is 0. The standard InChI is InChI=1S/C12H7BrClF/c13-11-4-2-1-3-9(11)10-6-5-8(14)7-12(10)15/h1-7H. The van der Waals surface area contributed by atoms with Gasteiger partial charge in [-0.25, -0.2) is 4.39 Å². The minimum Gasteiger partial charge on any atom is -0.206 e. The Kier molecular flexibility index (Phi) is 3.08. The Morgan fingerprint density at radius 2 is 1.73 bits per heavy atom. The fourth-order valence-corrected chi connectivity index (χ4v) is 2.04. The lowest BCUT2D eigenvalue weighted by Crippen LogP contribution is -1.85. The highest BCUT2D eigenvalue weighted by Gasteiger charge is 2.07. The number of benzene rings is 2. The van der Waals surface area contributed by atoms with Crippen molar-refractivity contribution in [1.29, 1.82) is 0 Å². The Balaban J connectivity index is 2.60. The molecule has 0 amide bonds. The van der Waals surface area contributed by atoms with E-state index in [4.69, 9.17) is 11.6 Å². The first-order valence-corrected chi connectivity index (χ1v) is 5.55. The molecule has 2 rings (SSSR count). The Labute approximate surface area is 101 Å². The zero-order valence-electron chi connectivity index (χ0n) is 7.68. The summed E-state index contributed by atoms with van der Waals surface area (Å²) in [6, 6.07) is 12.2. The smallest absolute Gasteiger partial charge is 0.132 e. The van der Waals surface area contributed by atoms with Gasteiger partial charge in [-0.05, 0) is 29.8 Å². The van der Waals surface area contributed by atoms with Gasteiger partial charge in [0.15, 0.2) is 0 Å². The predicted octanol–water partition coefficient (Wildman–Crippen LogP) is 4.91. The Bertz CT molecular complexity index is 497. The van der Waals surface area contributed by atoms with Crippen LogP contribution in [0.25, 0.3) is 11.1 Å². The monoisotopic (exact) mass is 284 g/mol. The molecule has 0 fully saturated rings. The molecule has 0 radical (unpaired) electrons. The van der Waals surface area contributed by atoms with Gasteiger partial charge < -0.3 is 0 Å². The van der Waals surface area contributed by atoms with Crippen LogP contribution in [0, 0.1) is 5.82 Å². The van der Waals surface area contributed by atoms with E-state index in [1.54, 1.807) is 12.1 Å². The normalized spacial score (nSPS) is 10.3. The zero-order valence-corrected chi connectivity index (χ0v) is 10.0. The molecule has 0 aliphatic heterocycles. The first kappa shape index (κ1) is 10.7. The Morgan fingerprint density at radius 3 is 2.40 bits per heavy atom. The van der Waals surface area contributed by atoms with E-state index in [1.807, 2.05) is 24.3 Å². The average molecular weight is 286 g/mol. The van der Waals surface area contributed by atoms with E-state index in [9.17, 15) is 4.39 Å². The maximum Gasteiger partial charge on any atom is 0.132 e. The van der Waals surface area contributed by atoms with Crippen molar-refractivity contribution in [2.75, 3.05) is 0 Å². The molecule has 0 atom stereocenters. The van der Waals surface area contributed by atoms with E-state index in [0.29, 0.717) is 10.6 Å². The van der Waals surface area contributed by atoms with Crippen LogP contribution in [0.5, 0.6) is 0 Å². The second kappa shape index (κ2) is 4.33. The van der Waals surface area contributed by atoms with Crippen LogP contribution in [-0.4, -0.2) is 0 Å². The largest absolute Gasteiger partial charge is 0.206 e. The third-order valence-corrected chi connectivity index (χ3v) is 3.02. The summed E-state index contributed by atoms with van der Waals surface area (Å²) >= 11 is 9.08. The summed E-state index contributed by atoms with van der Waals surface area (Å²) < 4.78 is 14.5. The van der Waals surface area contributed by atoms with Crippen molar-refractivity contribution in [2.45, 2.75) is 0 Å². The fraction of sp³-hybridized carbons (Fsp3) is 0. The number of rotatable bonds is 1. The van der Waals surface area contributed by atoms with Crippen molar-refractivity contribution in [3.8, 4) is 11.1 Å². The quantitative estimate of drug-likeness (QED) is 0.698. The minimum absolute atomic E-state index is 0.311. The molecule has 0 aliphatic carbocycles. The third-order valence-electron chi connectivity index (χ3n) is 2.10. The van der Waals surface area contributed by atoms with Crippen LogP contribution in [-0.2, 0) is 0 Å². The lowest BCUT2D eigenvalue weighted by atomic mass is 10.1. The molecule has 3 heteroatoms. The number of halogens is 3. The van der Waals surface area contributed by atoms with E-state index in [2.05, 4.69) is 15.9 Å². The molecular formula is C12H7BrClF. The average Bonchev–Trinajstić information content (AvgIpc) is 2.20. The van der Waals surface area contributed by atoms with Crippen LogP contribution in [0.3, 0.4) is 0 Å². The molecule has 2 aromatic carbocycles. The molecule has 15 heavy (non-hydrogen) atoms. The first-order chi connectivity index (χ1) is 7.18. The second-order valence-electron chi connectivity index (χ2n) is 3.10. The zero-order chi connectivity index (χ0) is 10.8. The highest BCUT2D eigenvalue weighted by Crippen LogP contribution is 2.30. The van der Waals surface area contributed by atoms with Crippen molar-refractivity contribution >= 4 is 27.5 Å². The van der Waals surface area contributed by atoms with E-state index >= 15 is 0 Å². The SMILES string of the molecule is Fc1cc(Cl)ccc1-c1ccccc1Br. The van der Waals surface area contributed by atoms with Gasteiger partial charge in [0.1, 0.15) is 5.82 Å². The van der Waals surface area contributed by atoms with E-state index < -0.39 is 0 Å². The molecule has 0 spiro atoms. The number of hydrogen-bond acceptors (Lipinski definition) is 0. The minimum atomic E-state index is -0.311. The van der Waals surface area contributed by atoms with Gasteiger partial charge in [-0.15, -0.1) is 0 Å². The molecular weight excluding hydrogens is 278 g/mol. The molecule has 76 valence electrons. The fourth-order valence-electron chi connectivity index (χ4n) is 1.39. The molecule has 0 saturated heterocycles. The van der Waals surface area contributed by atoms with E-state index in [0.717, 1.165) is 10.0 Å². The Hall–Kier alpha value is -0.860. The van der Waals surface area contributed by atoms with Crippen LogP contribution in [0.1, 0.15) is 0 Å². The van der Waals surface area contributed by atoms with Gasteiger partial charge in [-0.1, -0.05) is 45.7 Å². The van der Waals surface area contributed by atoms with Gasteiger partial charge in [0.2, 0.25) is 0 Å². The van der Waals surface area contributed by atoms with Gasteiger partial charge >= 0.3 is 0 Å². The molecule has 0 saturated carbocycles. The lowest BCUT2D eigenvalue weighted by molar-refractivity contribution is 0.631. The summed E-state index contributed by atoms with van der Waals surface area (Å²) in [6.07, 6.45) is 0. The van der Waals surface area contributed by atoms with Crippen molar-refractivity contribution in [1.82, 2.24) is 0 Å². The summed E-state index contributed by atoms with van der Waals surface area (Å²) in [5.41, 5.74) is 1.37. The van der Waals surface area contributed by atoms with Crippen LogP contribution in [0.2, 0.25) is 5.02 Å². The highest BCUT2D eigenvalue weighted by molar-refractivity contribution is 9.10. The lowest BCUT2D eigenvalue weighted by Gasteiger charge is -2.05. The van der Waals surface area contributed by atoms with Crippen molar-refractivity contribution in [3.05, 3.63) is 57.8 Å². The molecule has 0 heterocycles.